The lowest BCUT2D eigenvalue weighted by Gasteiger charge is -2.20. The second-order valence-electron chi connectivity index (χ2n) is 6.86. The summed E-state index contributed by atoms with van der Waals surface area (Å²) >= 11 is 0. The molecule has 0 bridgehead atoms. The summed E-state index contributed by atoms with van der Waals surface area (Å²) in [5.41, 5.74) is 1.10. The van der Waals surface area contributed by atoms with Gasteiger partial charge in [-0.05, 0) is 36.0 Å². The van der Waals surface area contributed by atoms with Gasteiger partial charge in [-0.1, -0.05) is 39.0 Å². The van der Waals surface area contributed by atoms with Gasteiger partial charge in [0.25, 0.3) is 0 Å². The third kappa shape index (κ3) is 3.38. The fourth-order valence-corrected chi connectivity index (χ4v) is 2.32. The molecule has 0 unspecified atom stereocenters. The summed E-state index contributed by atoms with van der Waals surface area (Å²) in [6.07, 6.45) is 2.81. The summed E-state index contributed by atoms with van der Waals surface area (Å²) in [5.74, 6) is -0.436. The third-order valence-electron chi connectivity index (χ3n) is 4.04. The molecule has 2 N–H and O–H groups in total. The number of anilines is 1. The van der Waals surface area contributed by atoms with E-state index in [1.165, 1.54) is 5.56 Å². The van der Waals surface area contributed by atoms with Crippen LogP contribution in [0.2, 0.25) is 0 Å². The first-order chi connectivity index (χ1) is 10.3. The zero-order valence-corrected chi connectivity index (χ0v) is 13.5. The quantitative estimate of drug-likeness (QED) is 0.649. The molecule has 0 heterocycles. The van der Waals surface area contributed by atoms with Crippen LogP contribution < -0.4 is 10.6 Å². The Balaban J connectivity index is 2.03. The van der Waals surface area contributed by atoms with Gasteiger partial charge in [0.15, 0.2) is 0 Å². The van der Waals surface area contributed by atoms with E-state index in [-0.39, 0.29) is 17.2 Å². The number of nitrogens with one attached hydrogen (secondary N) is 2. The molecule has 1 aliphatic rings. The summed E-state index contributed by atoms with van der Waals surface area (Å²) < 4.78 is 0. The van der Waals surface area contributed by atoms with Crippen LogP contribution in [0.4, 0.5) is 5.69 Å². The molecule has 1 fully saturated rings. The summed E-state index contributed by atoms with van der Waals surface area (Å²) in [4.78, 5) is 24.5. The predicted molar refractivity (Wildman–Crippen MR) is 88.6 cm³/mol. The first-order valence-corrected chi connectivity index (χ1v) is 7.61. The number of benzene rings is 1. The van der Waals surface area contributed by atoms with Crippen molar-refractivity contribution in [3.8, 4) is 0 Å². The van der Waals surface area contributed by atoms with E-state index in [4.69, 9.17) is 0 Å². The van der Waals surface area contributed by atoms with Crippen LogP contribution in [0.5, 0.6) is 0 Å². The second-order valence-corrected chi connectivity index (χ2v) is 6.86. The summed E-state index contributed by atoms with van der Waals surface area (Å²) in [5, 5.41) is 5.57. The molecule has 0 atom stereocenters. The highest BCUT2D eigenvalue weighted by molar-refractivity contribution is 6.13. The minimum absolute atomic E-state index is 0.0742. The highest BCUT2D eigenvalue weighted by Gasteiger charge is 2.56. The highest BCUT2D eigenvalue weighted by Crippen LogP contribution is 2.46. The predicted octanol–water partition coefficient (Wildman–Crippen LogP) is 3.01. The number of rotatable bonds is 5. The molecule has 1 aromatic rings. The van der Waals surface area contributed by atoms with E-state index in [1.807, 2.05) is 24.3 Å². The molecule has 1 aliphatic carbocycles. The van der Waals surface area contributed by atoms with E-state index in [9.17, 15) is 9.59 Å². The molecule has 0 aliphatic heterocycles. The fourth-order valence-electron chi connectivity index (χ4n) is 2.32. The Bertz CT molecular complexity index is 578. The van der Waals surface area contributed by atoms with Crippen molar-refractivity contribution in [2.75, 3.05) is 11.9 Å². The highest BCUT2D eigenvalue weighted by atomic mass is 16.2. The average molecular weight is 300 g/mol. The van der Waals surface area contributed by atoms with Crippen molar-refractivity contribution >= 4 is 17.5 Å². The fraction of sp³-hybridized carbons (Fsp3) is 0.444. The molecule has 0 saturated heterocycles. The normalized spacial score (nSPS) is 15.8. The first-order valence-electron chi connectivity index (χ1n) is 7.61. The Morgan fingerprint density at radius 1 is 1.18 bits per heavy atom. The van der Waals surface area contributed by atoms with Crippen LogP contribution in [0.1, 0.15) is 39.2 Å². The van der Waals surface area contributed by atoms with Crippen LogP contribution in [0.15, 0.2) is 36.9 Å². The molecule has 0 aromatic heterocycles. The monoisotopic (exact) mass is 300 g/mol. The van der Waals surface area contributed by atoms with Crippen molar-refractivity contribution in [2.24, 2.45) is 5.41 Å². The maximum atomic E-state index is 12.4. The molecule has 4 nitrogen and oxygen atoms in total. The molecule has 118 valence electrons. The van der Waals surface area contributed by atoms with Crippen molar-refractivity contribution in [2.45, 2.75) is 39.0 Å². The van der Waals surface area contributed by atoms with Gasteiger partial charge < -0.3 is 10.6 Å². The number of carbonyl (C=O) groups is 2. The SMILES string of the molecule is C=CCNC(=O)C1(C(=O)Nc2ccc(C(C)(C)C)cc2)CC1. The van der Waals surface area contributed by atoms with E-state index < -0.39 is 5.41 Å². The zero-order valence-electron chi connectivity index (χ0n) is 13.5. The zero-order chi connectivity index (χ0) is 16.4. The molecule has 2 amide bonds. The van der Waals surface area contributed by atoms with Gasteiger partial charge in [0.05, 0.1) is 0 Å². The van der Waals surface area contributed by atoms with Crippen LogP contribution in [-0.4, -0.2) is 18.4 Å². The van der Waals surface area contributed by atoms with Crippen molar-refractivity contribution in [3.05, 3.63) is 42.5 Å². The van der Waals surface area contributed by atoms with Gasteiger partial charge in [0.2, 0.25) is 11.8 Å². The van der Waals surface area contributed by atoms with Crippen LogP contribution in [0, 0.1) is 5.41 Å². The number of carbonyl (C=O) groups excluding carboxylic acids is 2. The molecule has 22 heavy (non-hydrogen) atoms. The Kier molecular flexibility index (Phi) is 4.40. The number of hydrogen-bond acceptors (Lipinski definition) is 2. The van der Waals surface area contributed by atoms with Crippen molar-refractivity contribution < 1.29 is 9.59 Å². The average Bonchev–Trinajstić information content (AvgIpc) is 3.26. The maximum Gasteiger partial charge on any atom is 0.240 e. The third-order valence-corrected chi connectivity index (χ3v) is 4.04. The van der Waals surface area contributed by atoms with Crippen LogP contribution >= 0.6 is 0 Å². The Labute approximate surface area is 132 Å². The molecule has 0 spiro atoms. The minimum atomic E-state index is -0.897. The van der Waals surface area contributed by atoms with Gasteiger partial charge in [0.1, 0.15) is 5.41 Å². The second kappa shape index (κ2) is 5.95. The minimum Gasteiger partial charge on any atom is -0.352 e. The molecule has 4 heteroatoms. The molecule has 0 radical (unpaired) electrons. The van der Waals surface area contributed by atoms with Gasteiger partial charge >= 0.3 is 0 Å². The number of hydrogen-bond donors (Lipinski definition) is 2. The van der Waals surface area contributed by atoms with Crippen molar-refractivity contribution in [3.63, 3.8) is 0 Å². The summed E-state index contributed by atoms with van der Waals surface area (Å²) in [7, 11) is 0. The Morgan fingerprint density at radius 3 is 2.23 bits per heavy atom. The summed E-state index contributed by atoms with van der Waals surface area (Å²) in [6, 6.07) is 7.78. The van der Waals surface area contributed by atoms with E-state index in [0.29, 0.717) is 19.4 Å². The summed E-state index contributed by atoms with van der Waals surface area (Å²) in [6.45, 7) is 10.4. The number of amides is 2. The standard InChI is InChI=1S/C18H24N2O2/c1-5-12-19-15(21)18(10-11-18)16(22)20-14-8-6-13(7-9-14)17(2,3)4/h5-9H,1,10-12H2,2-4H3,(H,19,21)(H,20,22). The first kappa shape index (κ1) is 16.3. The molecule has 1 aromatic carbocycles. The smallest absolute Gasteiger partial charge is 0.240 e. The maximum absolute atomic E-state index is 12.4. The van der Waals surface area contributed by atoms with Gasteiger partial charge in [-0.2, -0.15) is 0 Å². The van der Waals surface area contributed by atoms with Gasteiger partial charge in [-0.15, -0.1) is 6.58 Å². The van der Waals surface area contributed by atoms with Gasteiger partial charge in [-0.3, -0.25) is 9.59 Å². The van der Waals surface area contributed by atoms with Crippen LogP contribution in [0.25, 0.3) is 0 Å². The van der Waals surface area contributed by atoms with Crippen LogP contribution in [0.3, 0.4) is 0 Å². The van der Waals surface area contributed by atoms with Crippen molar-refractivity contribution in [1.29, 1.82) is 0 Å². The van der Waals surface area contributed by atoms with E-state index in [2.05, 4.69) is 38.0 Å². The lowest BCUT2D eigenvalue weighted by Crippen LogP contribution is -2.40. The topological polar surface area (TPSA) is 58.2 Å². The van der Waals surface area contributed by atoms with E-state index >= 15 is 0 Å². The van der Waals surface area contributed by atoms with E-state index in [0.717, 1.165) is 5.69 Å². The Morgan fingerprint density at radius 2 is 1.77 bits per heavy atom. The Hall–Kier alpha value is -2.10. The molecular weight excluding hydrogens is 276 g/mol. The largest absolute Gasteiger partial charge is 0.352 e. The molecule has 2 rings (SSSR count). The molecular formula is C18H24N2O2. The lowest BCUT2D eigenvalue weighted by atomic mass is 9.87. The van der Waals surface area contributed by atoms with E-state index in [1.54, 1.807) is 6.08 Å². The van der Waals surface area contributed by atoms with Gasteiger partial charge in [-0.25, -0.2) is 0 Å². The molecule has 1 saturated carbocycles. The lowest BCUT2D eigenvalue weighted by molar-refractivity contribution is -0.134. The van der Waals surface area contributed by atoms with Crippen molar-refractivity contribution in [1.82, 2.24) is 5.32 Å². The van der Waals surface area contributed by atoms with Gasteiger partial charge in [0, 0.05) is 12.2 Å². The van der Waals surface area contributed by atoms with Crippen LogP contribution in [-0.2, 0) is 15.0 Å².